The van der Waals surface area contributed by atoms with Crippen LogP contribution < -0.4 is 5.32 Å². The van der Waals surface area contributed by atoms with E-state index in [9.17, 15) is 0 Å². The molecule has 0 saturated heterocycles. The molecule has 2 heteroatoms. The Labute approximate surface area is 122 Å². The highest BCUT2D eigenvalue weighted by Gasteiger charge is 2.11. The van der Waals surface area contributed by atoms with Crippen molar-refractivity contribution < 1.29 is 0 Å². The summed E-state index contributed by atoms with van der Waals surface area (Å²) >= 11 is 0. The number of para-hydroxylation sites is 1. The standard InChI is InChI=1S/C18H26N2/c1-2-4-8-15(7-3-1)13-19-12-11-16-14-20-18-10-6-5-9-17(16)18/h5-6,9-10,14-15,19-20H,1-4,7-8,11-13H2. The van der Waals surface area contributed by atoms with Crippen molar-refractivity contribution in [2.45, 2.75) is 44.9 Å². The summed E-state index contributed by atoms with van der Waals surface area (Å²) in [4.78, 5) is 3.36. The highest BCUT2D eigenvalue weighted by molar-refractivity contribution is 5.83. The van der Waals surface area contributed by atoms with Crippen molar-refractivity contribution in [3.8, 4) is 0 Å². The molecule has 1 heterocycles. The second-order valence-corrected chi connectivity index (χ2v) is 6.17. The molecule has 0 radical (unpaired) electrons. The molecular weight excluding hydrogens is 244 g/mol. The minimum absolute atomic E-state index is 0.917. The van der Waals surface area contributed by atoms with Crippen LogP contribution in [0.1, 0.15) is 44.1 Å². The fourth-order valence-electron chi connectivity index (χ4n) is 3.44. The fraction of sp³-hybridized carbons (Fsp3) is 0.556. The predicted molar refractivity (Wildman–Crippen MR) is 86.1 cm³/mol. The first-order valence-corrected chi connectivity index (χ1v) is 8.19. The largest absolute Gasteiger partial charge is 0.361 e. The van der Waals surface area contributed by atoms with Crippen LogP contribution >= 0.6 is 0 Å². The van der Waals surface area contributed by atoms with E-state index in [1.807, 2.05) is 0 Å². The molecule has 1 saturated carbocycles. The minimum atomic E-state index is 0.917. The van der Waals surface area contributed by atoms with Gasteiger partial charge < -0.3 is 10.3 Å². The molecule has 3 rings (SSSR count). The Balaban J connectivity index is 1.45. The molecule has 2 nitrogen and oxygen atoms in total. The molecule has 2 N–H and O–H groups in total. The van der Waals surface area contributed by atoms with Crippen molar-refractivity contribution >= 4 is 10.9 Å². The molecule has 20 heavy (non-hydrogen) atoms. The lowest BCUT2D eigenvalue weighted by atomic mass is 10.0. The zero-order valence-electron chi connectivity index (χ0n) is 12.3. The third kappa shape index (κ3) is 3.43. The summed E-state index contributed by atoms with van der Waals surface area (Å²) in [5.74, 6) is 0.917. The van der Waals surface area contributed by atoms with Crippen LogP contribution in [-0.2, 0) is 6.42 Å². The first kappa shape index (κ1) is 13.7. The van der Waals surface area contributed by atoms with Gasteiger partial charge in [0.25, 0.3) is 0 Å². The molecule has 0 bridgehead atoms. The van der Waals surface area contributed by atoms with Gasteiger partial charge in [-0.05, 0) is 49.9 Å². The monoisotopic (exact) mass is 270 g/mol. The van der Waals surface area contributed by atoms with E-state index in [-0.39, 0.29) is 0 Å². The van der Waals surface area contributed by atoms with E-state index in [4.69, 9.17) is 0 Å². The van der Waals surface area contributed by atoms with Crippen molar-refractivity contribution in [3.05, 3.63) is 36.0 Å². The fourth-order valence-corrected chi connectivity index (χ4v) is 3.44. The van der Waals surface area contributed by atoms with Crippen LogP contribution in [-0.4, -0.2) is 18.1 Å². The zero-order chi connectivity index (χ0) is 13.6. The van der Waals surface area contributed by atoms with Gasteiger partial charge in [-0.3, -0.25) is 0 Å². The topological polar surface area (TPSA) is 27.8 Å². The Kier molecular flexibility index (Phi) is 4.75. The minimum Gasteiger partial charge on any atom is -0.361 e. The maximum atomic E-state index is 3.67. The van der Waals surface area contributed by atoms with Crippen LogP contribution in [0.4, 0.5) is 0 Å². The van der Waals surface area contributed by atoms with E-state index in [1.165, 1.54) is 61.5 Å². The lowest BCUT2D eigenvalue weighted by molar-refractivity contribution is 0.427. The van der Waals surface area contributed by atoms with E-state index in [0.717, 1.165) is 18.9 Å². The molecule has 0 atom stereocenters. The Hall–Kier alpha value is -1.28. The molecular formula is C18H26N2. The molecule has 1 aliphatic carbocycles. The smallest absolute Gasteiger partial charge is 0.0456 e. The summed E-state index contributed by atoms with van der Waals surface area (Å²) in [6.07, 6.45) is 11.9. The molecule has 2 aromatic rings. The van der Waals surface area contributed by atoms with E-state index in [2.05, 4.69) is 40.8 Å². The maximum absolute atomic E-state index is 3.67. The van der Waals surface area contributed by atoms with Crippen LogP contribution in [0.3, 0.4) is 0 Å². The zero-order valence-corrected chi connectivity index (χ0v) is 12.3. The van der Waals surface area contributed by atoms with Crippen molar-refractivity contribution in [1.29, 1.82) is 0 Å². The Bertz CT molecular complexity index is 521. The number of hydrogen-bond acceptors (Lipinski definition) is 1. The molecule has 1 fully saturated rings. The molecule has 1 aromatic carbocycles. The van der Waals surface area contributed by atoms with E-state index in [1.54, 1.807) is 0 Å². The van der Waals surface area contributed by atoms with Crippen molar-refractivity contribution in [2.75, 3.05) is 13.1 Å². The van der Waals surface area contributed by atoms with Crippen molar-refractivity contribution in [2.24, 2.45) is 5.92 Å². The van der Waals surface area contributed by atoms with Gasteiger partial charge in [-0.1, -0.05) is 43.9 Å². The second kappa shape index (κ2) is 6.94. The van der Waals surface area contributed by atoms with E-state index < -0.39 is 0 Å². The normalized spacial score (nSPS) is 17.4. The lowest BCUT2D eigenvalue weighted by Gasteiger charge is -2.14. The third-order valence-corrected chi connectivity index (χ3v) is 4.65. The van der Waals surface area contributed by atoms with Crippen molar-refractivity contribution in [3.63, 3.8) is 0 Å². The summed E-state index contributed by atoms with van der Waals surface area (Å²) < 4.78 is 0. The highest BCUT2D eigenvalue weighted by Crippen LogP contribution is 2.22. The number of benzene rings is 1. The van der Waals surface area contributed by atoms with Crippen LogP contribution in [0.25, 0.3) is 10.9 Å². The van der Waals surface area contributed by atoms with Gasteiger partial charge in [0.2, 0.25) is 0 Å². The molecule has 1 aromatic heterocycles. The summed E-state index contributed by atoms with van der Waals surface area (Å²) in [7, 11) is 0. The van der Waals surface area contributed by atoms with Gasteiger partial charge in [0, 0.05) is 17.1 Å². The van der Waals surface area contributed by atoms with Gasteiger partial charge in [0.05, 0.1) is 0 Å². The average Bonchev–Trinajstić information content (AvgIpc) is 2.71. The molecule has 0 unspecified atom stereocenters. The Morgan fingerprint density at radius 1 is 1.05 bits per heavy atom. The van der Waals surface area contributed by atoms with E-state index >= 15 is 0 Å². The number of H-pyrrole nitrogens is 1. The summed E-state index contributed by atoms with van der Waals surface area (Å²) in [5, 5.41) is 5.05. The second-order valence-electron chi connectivity index (χ2n) is 6.17. The third-order valence-electron chi connectivity index (χ3n) is 4.65. The molecule has 0 spiro atoms. The van der Waals surface area contributed by atoms with Gasteiger partial charge in [-0.15, -0.1) is 0 Å². The predicted octanol–water partition coefficient (Wildman–Crippen LogP) is 4.27. The number of nitrogens with one attached hydrogen (secondary N) is 2. The first-order valence-electron chi connectivity index (χ1n) is 8.19. The Morgan fingerprint density at radius 3 is 2.70 bits per heavy atom. The van der Waals surface area contributed by atoms with Gasteiger partial charge in [-0.2, -0.15) is 0 Å². The van der Waals surface area contributed by atoms with Gasteiger partial charge in [-0.25, -0.2) is 0 Å². The number of rotatable bonds is 5. The average molecular weight is 270 g/mol. The highest BCUT2D eigenvalue weighted by atomic mass is 14.9. The number of fused-ring (bicyclic) bond motifs is 1. The number of hydrogen-bond donors (Lipinski definition) is 2. The number of aromatic nitrogens is 1. The van der Waals surface area contributed by atoms with Crippen LogP contribution in [0.2, 0.25) is 0 Å². The quantitative estimate of drug-likeness (QED) is 0.616. The molecule has 108 valence electrons. The summed E-state index contributed by atoms with van der Waals surface area (Å²) in [6.45, 7) is 2.31. The van der Waals surface area contributed by atoms with Gasteiger partial charge in [0.15, 0.2) is 0 Å². The van der Waals surface area contributed by atoms with Crippen molar-refractivity contribution in [1.82, 2.24) is 10.3 Å². The molecule has 0 amide bonds. The Morgan fingerprint density at radius 2 is 1.85 bits per heavy atom. The molecule has 1 aliphatic rings. The van der Waals surface area contributed by atoms with Gasteiger partial charge in [0.1, 0.15) is 0 Å². The van der Waals surface area contributed by atoms with Gasteiger partial charge >= 0.3 is 0 Å². The van der Waals surface area contributed by atoms with E-state index in [0.29, 0.717) is 0 Å². The maximum Gasteiger partial charge on any atom is 0.0456 e. The lowest BCUT2D eigenvalue weighted by Crippen LogP contribution is -2.24. The van der Waals surface area contributed by atoms with Crippen LogP contribution in [0.5, 0.6) is 0 Å². The summed E-state index contributed by atoms with van der Waals surface area (Å²) in [5.41, 5.74) is 2.69. The SMILES string of the molecule is c1ccc2c(CCNCC3CCCCCC3)c[nH]c2c1. The summed E-state index contributed by atoms with van der Waals surface area (Å²) in [6, 6.07) is 8.58. The first-order chi connectivity index (χ1) is 9.93. The number of aromatic amines is 1. The molecule has 0 aliphatic heterocycles. The van der Waals surface area contributed by atoms with Crippen LogP contribution in [0.15, 0.2) is 30.5 Å². The van der Waals surface area contributed by atoms with Crippen LogP contribution in [0, 0.1) is 5.92 Å².